The van der Waals surface area contributed by atoms with E-state index in [4.69, 9.17) is 0 Å². The van der Waals surface area contributed by atoms with Crippen LogP contribution in [0.3, 0.4) is 0 Å². The molecule has 1 aromatic rings. The molecule has 0 bridgehead atoms. The van der Waals surface area contributed by atoms with Gasteiger partial charge in [-0.1, -0.05) is 12.1 Å². The zero-order valence-electron chi connectivity index (χ0n) is 9.41. The van der Waals surface area contributed by atoms with Gasteiger partial charge in [0.2, 0.25) is 16.1 Å². The van der Waals surface area contributed by atoms with Gasteiger partial charge in [-0.15, -0.1) is 0 Å². The number of sulfonamides is 1. The fourth-order valence-corrected chi connectivity index (χ4v) is 3.63. The van der Waals surface area contributed by atoms with Crippen LogP contribution < -0.4 is 0 Å². The molecule has 1 fully saturated rings. The summed E-state index contributed by atoms with van der Waals surface area (Å²) in [7, 11) is -3.96. The number of isocyanates is 1. The van der Waals surface area contributed by atoms with Crippen molar-refractivity contribution < 1.29 is 17.6 Å². The molecule has 0 N–H and O–H groups in total. The molecule has 1 aromatic carbocycles. The van der Waals surface area contributed by atoms with Gasteiger partial charge in [0.1, 0.15) is 16.9 Å². The number of carbonyl (C=O) groups excluding carboxylic acids is 1. The molecule has 1 unspecified atom stereocenters. The minimum Gasteiger partial charge on any atom is -0.211 e. The maximum absolute atomic E-state index is 13.5. The van der Waals surface area contributed by atoms with Crippen LogP contribution in [0.15, 0.2) is 34.2 Å². The van der Waals surface area contributed by atoms with Crippen molar-refractivity contribution >= 4 is 16.1 Å². The van der Waals surface area contributed by atoms with E-state index in [0.717, 1.165) is 10.4 Å². The van der Waals surface area contributed by atoms with Crippen molar-refractivity contribution in [3.05, 3.63) is 30.1 Å². The van der Waals surface area contributed by atoms with Crippen molar-refractivity contribution in [1.82, 2.24) is 4.31 Å². The number of benzene rings is 1. The molecule has 2 rings (SSSR count). The third-order valence-electron chi connectivity index (χ3n) is 2.80. The second kappa shape index (κ2) is 4.97. The van der Waals surface area contributed by atoms with Crippen LogP contribution in [0.25, 0.3) is 0 Å². The number of rotatable bonds is 3. The highest BCUT2D eigenvalue weighted by molar-refractivity contribution is 7.89. The van der Waals surface area contributed by atoms with Crippen molar-refractivity contribution in [3.63, 3.8) is 0 Å². The summed E-state index contributed by atoms with van der Waals surface area (Å²) < 4.78 is 39.0. The molecule has 1 aliphatic rings. The molecule has 0 spiro atoms. The second-order valence-electron chi connectivity index (χ2n) is 3.89. The van der Waals surface area contributed by atoms with Gasteiger partial charge in [0.05, 0.1) is 0 Å². The molecule has 96 valence electrons. The molecule has 5 nitrogen and oxygen atoms in total. The van der Waals surface area contributed by atoms with E-state index in [1.54, 1.807) is 0 Å². The van der Waals surface area contributed by atoms with E-state index in [1.165, 1.54) is 24.3 Å². The van der Waals surface area contributed by atoms with Gasteiger partial charge in [0, 0.05) is 6.54 Å². The van der Waals surface area contributed by atoms with E-state index in [-0.39, 0.29) is 6.54 Å². The Bertz CT molecular complexity index is 596. The lowest BCUT2D eigenvalue weighted by molar-refractivity contribution is 0.393. The van der Waals surface area contributed by atoms with Gasteiger partial charge in [-0.3, -0.25) is 0 Å². The first-order valence-corrected chi connectivity index (χ1v) is 6.85. The van der Waals surface area contributed by atoms with Gasteiger partial charge in [-0.2, -0.15) is 9.30 Å². The van der Waals surface area contributed by atoms with Crippen LogP contribution in [0.2, 0.25) is 0 Å². The van der Waals surface area contributed by atoms with Crippen LogP contribution in [-0.4, -0.2) is 31.5 Å². The third-order valence-corrected chi connectivity index (χ3v) is 4.73. The summed E-state index contributed by atoms with van der Waals surface area (Å²) in [4.78, 5) is 13.3. The molecule has 1 saturated heterocycles. The van der Waals surface area contributed by atoms with Gasteiger partial charge < -0.3 is 0 Å². The molecule has 1 heterocycles. The minimum atomic E-state index is -3.96. The fraction of sp³-hybridized carbons (Fsp3) is 0.364. The highest BCUT2D eigenvalue weighted by Crippen LogP contribution is 2.27. The zero-order valence-corrected chi connectivity index (χ0v) is 10.2. The Labute approximate surface area is 104 Å². The Balaban J connectivity index is 2.43. The summed E-state index contributed by atoms with van der Waals surface area (Å²) in [5.41, 5.74) is 0. The predicted molar refractivity (Wildman–Crippen MR) is 61.4 cm³/mol. The normalized spacial score (nSPS) is 20.6. The van der Waals surface area contributed by atoms with E-state index in [2.05, 4.69) is 4.99 Å². The third kappa shape index (κ3) is 2.20. The molecule has 1 aliphatic heterocycles. The van der Waals surface area contributed by atoms with E-state index < -0.39 is 26.9 Å². The predicted octanol–water partition coefficient (Wildman–Crippen LogP) is 1.27. The van der Waals surface area contributed by atoms with Gasteiger partial charge in [-0.25, -0.2) is 17.6 Å². The van der Waals surface area contributed by atoms with Crippen molar-refractivity contribution in [2.45, 2.75) is 23.9 Å². The van der Waals surface area contributed by atoms with E-state index in [0.29, 0.717) is 12.8 Å². The molecule has 0 aliphatic carbocycles. The maximum atomic E-state index is 13.5. The molecule has 18 heavy (non-hydrogen) atoms. The SMILES string of the molecule is O=C=NC1CCCN1S(=O)(=O)c1ccccc1F. The van der Waals surface area contributed by atoms with E-state index in [9.17, 15) is 17.6 Å². The minimum absolute atomic E-state index is 0.229. The quantitative estimate of drug-likeness (QED) is 0.613. The van der Waals surface area contributed by atoms with Gasteiger partial charge in [0.25, 0.3) is 0 Å². The topological polar surface area (TPSA) is 66.8 Å². The average Bonchev–Trinajstić information content (AvgIpc) is 2.79. The first kappa shape index (κ1) is 12.9. The standard InChI is InChI=1S/C11H11FN2O3S/c12-9-4-1-2-5-10(9)18(16,17)14-7-3-6-11(14)13-8-15/h1-2,4-5,11H,3,6-7H2. The van der Waals surface area contributed by atoms with Gasteiger partial charge in [-0.05, 0) is 25.0 Å². The molecule has 0 amide bonds. The number of nitrogens with zero attached hydrogens (tertiary/aromatic N) is 2. The number of hydrogen-bond donors (Lipinski definition) is 0. The number of hydrogen-bond acceptors (Lipinski definition) is 4. The van der Waals surface area contributed by atoms with E-state index >= 15 is 0 Å². The first-order valence-electron chi connectivity index (χ1n) is 5.40. The lowest BCUT2D eigenvalue weighted by Crippen LogP contribution is -2.34. The van der Waals surface area contributed by atoms with Crippen LogP contribution >= 0.6 is 0 Å². The number of halogens is 1. The van der Waals surface area contributed by atoms with E-state index in [1.807, 2.05) is 0 Å². The first-order chi connectivity index (χ1) is 8.57. The fourth-order valence-electron chi connectivity index (χ4n) is 1.97. The van der Waals surface area contributed by atoms with Crippen LogP contribution in [0.4, 0.5) is 4.39 Å². The zero-order chi connectivity index (χ0) is 13.2. The monoisotopic (exact) mass is 270 g/mol. The Morgan fingerprint density at radius 2 is 2.11 bits per heavy atom. The number of aliphatic imine (C=N–C) groups is 1. The molecule has 0 aromatic heterocycles. The lowest BCUT2D eigenvalue weighted by Gasteiger charge is -2.20. The maximum Gasteiger partial charge on any atom is 0.247 e. The molecule has 7 heteroatoms. The lowest BCUT2D eigenvalue weighted by atomic mass is 10.3. The van der Waals surface area contributed by atoms with Crippen molar-refractivity contribution in [2.75, 3.05) is 6.54 Å². The largest absolute Gasteiger partial charge is 0.247 e. The molecule has 1 atom stereocenters. The summed E-state index contributed by atoms with van der Waals surface area (Å²) in [6.07, 6.45) is 1.62. The highest BCUT2D eigenvalue weighted by Gasteiger charge is 2.36. The summed E-state index contributed by atoms with van der Waals surface area (Å²) in [5, 5.41) is 0. The van der Waals surface area contributed by atoms with Crippen LogP contribution in [0.5, 0.6) is 0 Å². The van der Waals surface area contributed by atoms with Gasteiger partial charge >= 0.3 is 0 Å². The Kier molecular flexibility index (Phi) is 3.56. The molecular weight excluding hydrogens is 259 g/mol. The van der Waals surface area contributed by atoms with Crippen molar-refractivity contribution in [1.29, 1.82) is 0 Å². The Morgan fingerprint density at radius 3 is 2.78 bits per heavy atom. The van der Waals surface area contributed by atoms with Crippen LogP contribution in [0, 0.1) is 5.82 Å². The van der Waals surface area contributed by atoms with Crippen LogP contribution in [-0.2, 0) is 14.8 Å². The summed E-state index contributed by atoms with van der Waals surface area (Å²) >= 11 is 0. The average molecular weight is 270 g/mol. The second-order valence-corrected chi connectivity index (χ2v) is 5.75. The van der Waals surface area contributed by atoms with Crippen molar-refractivity contribution in [2.24, 2.45) is 4.99 Å². The highest BCUT2D eigenvalue weighted by atomic mass is 32.2. The summed E-state index contributed by atoms with van der Waals surface area (Å²) in [6.45, 7) is 0.229. The van der Waals surface area contributed by atoms with Crippen molar-refractivity contribution in [3.8, 4) is 0 Å². The molecule has 0 radical (unpaired) electrons. The molecular formula is C11H11FN2O3S. The summed E-state index contributed by atoms with van der Waals surface area (Å²) in [5.74, 6) is -0.807. The summed E-state index contributed by atoms with van der Waals surface area (Å²) in [6, 6.07) is 5.15. The van der Waals surface area contributed by atoms with Crippen LogP contribution in [0.1, 0.15) is 12.8 Å². The smallest absolute Gasteiger partial charge is 0.211 e. The Morgan fingerprint density at radius 1 is 1.39 bits per heavy atom. The Hall–Kier alpha value is -1.56. The van der Waals surface area contributed by atoms with Gasteiger partial charge in [0.15, 0.2) is 0 Å². The molecule has 0 saturated carbocycles.